The Labute approximate surface area is 213 Å². The van der Waals surface area contributed by atoms with Gasteiger partial charge in [0, 0.05) is 35.8 Å². The van der Waals surface area contributed by atoms with Gasteiger partial charge in [-0.2, -0.15) is 0 Å². The lowest BCUT2D eigenvalue weighted by Crippen LogP contribution is -1.98. The topological polar surface area (TPSA) is 92.6 Å². The lowest BCUT2D eigenvalue weighted by atomic mass is 10.1. The summed E-state index contributed by atoms with van der Waals surface area (Å²) in [6.45, 7) is 0.419. The Bertz CT molecular complexity index is 1460. The third-order valence-electron chi connectivity index (χ3n) is 5.25. The van der Waals surface area contributed by atoms with Gasteiger partial charge >= 0.3 is 0 Å². The van der Waals surface area contributed by atoms with Crippen LogP contribution in [-0.4, -0.2) is 12.1 Å². The first-order valence-electron chi connectivity index (χ1n) is 11.3. The highest BCUT2D eigenvalue weighted by molar-refractivity contribution is 5.92. The minimum Gasteiger partial charge on any atom is -0.496 e. The Morgan fingerprint density at radius 1 is 0.757 bits per heavy atom. The van der Waals surface area contributed by atoms with Crippen molar-refractivity contribution in [1.29, 1.82) is 0 Å². The maximum Gasteiger partial charge on any atom is 0.167 e. The molecule has 6 nitrogen and oxygen atoms in total. The second-order valence-electron chi connectivity index (χ2n) is 7.95. The Morgan fingerprint density at radius 2 is 1.49 bits per heavy atom. The molecule has 0 aliphatic carbocycles. The number of aromatic nitrogens is 1. The molecule has 4 aromatic carbocycles. The van der Waals surface area contributed by atoms with E-state index < -0.39 is 5.82 Å². The minimum absolute atomic E-state index is 0.0677. The van der Waals surface area contributed by atoms with Gasteiger partial charge < -0.3 is 25.7 Å². The van der Waals surface area contributed by atoms with Gasteiger partial charge in [0.25, 0.3) is 0 Å². The number of methoxy groups -OCH3 is 1. The highest BCUT2D eigenvalue weighted by Crippen LogP contribution is 2.39. The van der Waals surface area contributed by atoms with Crippen molar-refractivity contribution >= 4 is 22.3 Å². The summed E-state index contributed by atoms with van der Waals surface area (Å²) in [6.07, 6.45) is 1.59. The van der Waals surface area contributed by atoms with Crippen LogP contribution in [0.15, 0.2) is 97.2 Å². The van der Waals surface area contributed by atoms with E-state index >= 15 is 0 Å². The fourth-order valence-corrected chi connectivity index (χ4v) is 3.45. The molecule has 0 amide bonds. The molecule has 1 aromatic heterocycles. The third-order valence-corrected chi connectivity index (χ3v) is 5.25. The number of halogens is 2. The number of nitrogen functional groups attached to an aromatic ring is 2. The molecular weight excluding hydrogens is 476 g/mol. The summed E-state index contributed by atoms with van der Waals surface area (Å²) in [6, 6.07) is 25.1. The fraction of sp³-hybridized carbons (Fsp3) is 0.0690. The first-order valence-corrected chi connectivity index (χ1v) is 11.3. The molecule has 0 spiro atoms. The second-order valence-corrected chi connectivity index (χ2v) is 7.95. The minimum atomic E-state index is -0.545. The Morgan fingerprint density at radius 3 is 2.16 bits per heavy atom. The van der Waals surface area contributed by atoms with Gasteiger partial charge in [0.15, 0.2) is 11.6 Å². The zero-order valence-electron chi connectivity index (χ0n) is 20.0. The third kappa shape index (κ3) is 6.64. The number of fused-ring (bicyclic) bond motifs is 1. The Kier molecular flexibility index (Phi) is 8.00. The van der Waals surface area contributed by atoms with E-state index in [0.717, 1.165) is 5.56 Å². The van der Waals surface area contributed by atoms with Crippen molar-refractivity contribution in [3.8, 4) is 23.0 Å². The van der Waals surface area contributed by atoms with Crippen LogP contribution in [0.4, 0.5) is 20.2 Å². The zero-order chi connectivity index (χ0) is 26.2. The predicted octanol–water partition coefficient (Wildman–Crippen LogP) is 6.74. The normalized spacial score (nSPS) is 10.4. The summed E-state index contributed by atoms with van der Waals surface area (Å²) < 4.78 is 43.4. The summed E-state index contributed by atoms with van der Waals surface area (Å²) in [4.78, 5) is 4.39. The van der Waals surface area contributed by atoms with Gasteiger partial charge in [-0.25, -0.2) is 8.78 Å². The van der Waals surface area contributed by atoms with E-state index in [0.29, 0.717) is 46.1 Å². The smallest absolute Gasteiger partial charge is 0.167 e. The van der Waals surface area contributed by atoms with Crippen molar-refractivity contribution in [1.82, 2.24) is 4.98 Å². The second kappa shape index (κ2) is 11.7. The van der Waals surface area contributed by atoms with Crippen molar-refractivity contribution < 1.29 is 23.0 Å². The number of nitrogens with zero attached hydrogens (tertiary/aromatic N) is 1. The highest BCUT2D eigenvalue weighted by atomic mass is 19.1. The molecule has 0 bridgehead atoms. The van der Waals surface area contributed by atoms with E-state index in [4.69, 9.17) is 25.7 Å². The molecule has 5 rings (SSSR count). The largest absolute Gasteiger partial charge is 0.496 e. The van der Waals surface area contributed by atoms with Gasteiger partial charge in [-0.3, -0.25) is 4.98 Å². The van der Waals surface area contributed by atoms with Crippen LogP contribution < -0.4 is 25.7 Å². The molecule has 1 heterocycles. The van der Waals surface area contributed by atoms with Gasteiger partial charge in [0.05, 0.1) is 18.0 Å². The van der Waals surface area contributed by atoms with Gasteiger partial charge in [-0.1, -0.05) is 30.3 Å². The number of anilines is 2. The number of pyridine rings is 1. The number of benzene rings is 4. The number of hydrogen-bond acceptors (Lipinski definition) is 6. The van der Waals surface area contributed by atoms with E-state index in [2.05, 4.69) is 4.98 Å². The lowest BCUT2D eigenvalue weighted by molar-refractivity contribution is 0.304. The number of ether oxygens (including phenoxy) is 3. The van der Waals surface area contributed by atoms with Crippen LogP contribution in [0.3, 0.4) is 0 Å². The fourth-order valence-electron chi connectivity index (χ4n) is 3.45. The van der Waals surface area contributed by atoms with E-state index in [-0.39, 0.29) is 11.6 Å². The first kappa shape index (κ1) is 25.2. The molecule has 37 heavy (non-hydrogen) atoms. The van der Waals surface area contributed by atoms with Crippen LogP contribution in [0.1, 0.15) is 5.56 Å². The van der Waals surface area contributed by atoms with Gasteiger partial charge in [-0.05, 0) is 48.0 Å². The van der Waals surface area contributed by atoms with Crippen molar-refractivity contribution in [2.24, 2.45) is 0 Å². The zero-order valence-corrected chi connectivity index (χ0v) is 20.0. The van der Waals surface area contributed by atoms with E-state index in [1.165, 1.54) is 36.4 Å². The Hall–Kier alpha value is -4.85. The van der Waals surface area contributed by atoms with Crippen LogP contribution in [0, 0.1) is 11.6 Å². The quantitative estimate of drug-likeness (QED) is 0.250. The molecule has 0 unspecified atom stereocenters. The molecule has 8 heteroatoms. The summed E-state index contributed by atoms with van der Waals surface area (Å²) in [5.41, 5.74) is 13.4. The van der Waals surface area contributed by atoms with Crippen LogP contribution in [-0.2, 0) is 6.61 Å². The van der Waals surface area contributed by atoms with Crippen molar-refractivity contribution in [3.05, 3.63) is 114 Å². The molecule has 5 aromatic rings. The van der Waals surface area contributed by atoms with Gasteiger partial charge in [-0.15, -0.1) is 0 Å². The van der Waals surface area contributed by atoms with Crippen LogP contribution >= 0.6 is 0 Å². The van der Waals surface area contributed by atoms with Crippen LogP contribution in [0.5, 0.6) is 23.0 Å². The number of nitrogens with two attached hydrogens (primary N) is 2. The lowest BCUT2D eigenvalue weighted by Gasteiger charge is -2.14. The van der Waals surface area contributed by atoms with Crippen molar-refractivity contribution in [3.63, 3.8) is 0 Å². The molecule has 0 aliphatic rings. The molecule has 0 atom stereocenters. The summed E-state index contributed by atoms with van der Waals surface area (Å²) in [7, 11) is 1.55. The van der Waals surface area contributed by atoms with E-state index in [1.807, 2.05) is 30.3 Å². The van der Waals surface area contributed by atoms with Gasteiger partial charge in [0.2, 0.25) is 0 Å². The Balaban J connectivity index is 0.000000342. The SMILES string of the molecule is COc1cc(OCc2ccccc2)cc2nccc(Oc3ccc(N)cc3F)c12.Nc1ccc(F)cc1. The summed E-state index contributed by atoms with van der Waals surface area (Å²) in [5, 5.41) is 0.623. The van der Waals surface area contributed by atoms with Crippen LogP contribution in [0.2, 0.25) is 0 Å². The summed E-state index contributed by atoms with van der Waals surface area (Å²) in [5.74, 6) is 0.824. The maximum absolute atomic E-state index is 14.2. The molecule has 188 valence electrons. The van der Waals surface area contributed by atoms with E-state index in [9.17, 15) is 8.78 Å². The molecule has 0 radical (unpaired) electrons. The number of rotatable bonds is 6. The molecule has 0 saturated heterocycles. The monoisotopic (exact) mass is 501 g/mol. The maximum atomic E-state index is 14.2. The molecule has 4 N–H and O–H groups in total. The van der Waals surface area contributed by atoms with Crippen molar-refractivity contribution in [2.75, 3.05) is 18.6 Å². The highest BCUT2D eigenvalue weighted by Gasteiger charge is 2.15. The molecule has 0 fully saturated rings. The van der Waals surface area contributed by atoms with E-state index in [1.54, 1.807) is 37.6 Å². The first-order chi connectivity index (χ1) is 17.9. The number of hydrogen-bond donors (Lipinski definition) is 2. The van der Waals surface area contributed by atoms with Gasteiger partial charge in [0.1, 0.15) is 29.7 Å². The molecule has 0 aliphatic heterocycles. The average Bonchev–Trinajstić information content (AvgIpc) is 2.91. The molecular formula is C29H25F2N3O3. The molecule has 0 saturated carbocycles. The predicted molar refractivity (Wildman–Crippen MR) is 141 cm³/mol. The van der Waals surface area contributed by atoms with Crippen LogP contribution in [0.25, 0.3) is 10.9 Å². The standard InChI is InChI=1S/C23H19FN2O3.C6H6FN/c1-27-22-13-17(28-14-15-5-3-2-4-6-15)12-19-23(22)21(9-10-26-19)29-20-8-7-16(25)11-18(20)24;7-5-1-3-6(8)4-2-5/h2-13H,14,25H2,1H3;1-4H,8H2. The summed E-state index contributed by atoms with van der Waals surface area (Å²) >= 11 is 0. The van der Waals surface area contributed by atoms with Crippen molar-refractivity contribution in [2.45, 2.75) is 6.61 Å². The average molecular weight is 502 g/mol.